The lowest BCUT2D eigenvalue weighted by Crippen LogP contribution is -2.53. The third kappa shape index (κ3) is 6.03. The minimum Gasteiger partial charge on any atom is -0.318 e. The second kappa shape index (κ2) is 15.1. The van der Waals surface area contributed by atoms with Gasteiger partial charge in [-0.25, -0.2) is 0 Å². The van der Waals surface area contributed by atoms with E-state index in [1.54, 1.807) is 0 Å². The lowest BCUT2D eigenvalue weighted by molar-refractivity contribution is 0.338. The van der Waals surface area contributed by atoms with Crippen molar-refractivity contribution in [3.05, 3.63) is 240 Å². The van der Waals surface area contributed by atoms with Crippen molar-refractivity contribution >= 4 is 33.8 Å². The molecule has 4 nitrogen and oxygen atoms in total. The second-order valence-corrected chi connectivity index (χ2v) is 22.1. The van der Waals surface area contributed by atoms with Gasteiger partial charge in [-0.05, 0) is 169 Å². The first-order chi connectivity index (χ1) is 34.2. The number of aliphatic imine (C=N–C) groups is 2. The van der Waals surface area contributed by atoms with E-state index in [-0.39, 0.29) is 22.2 Å². The zero-order valence-corrected chi connectivity index (χ0v) is 41.9. The summed E-state index contributed by atoms with van der Waals surface area (Å²) in [5.74, 6) is 2.02. The molecule has 9 aromatic rings. The molecule has 0 fully saturated rings. The summed E-state index contributed by atoms with van der Waals surface area (Å²) in [6.07, 6.45) is 0. The van der Waals surface area contributed by atoms with Crippen LogP contribution in [0.1, 0.15) is 88.8 Å². The minimum absolute atomic E-state index is 0.210. The Labute approximate surface area is 418 Å². The first kappa shape index (κ1) is 43.2. The molecule has 0 saturated heterocycles. The van der Waals surface area contributed by atoms with Gasteiger partial charge in [-0.15, -0.1) is 0 Å². The van der Waals surface area contributed by atoms with Gasteiger partial charge in [0.05, 0.1) is 27.6 Å². The van der Waals surface area contributed by atoms with Crippen molar-refractivity contribution in [2.75, 3.05) is 9.80 Å². The number of fused-ring (bicyclic) bond motifs is 12. The van der Waals surface area contributed by atoms with Gasteiger partial charge < -0.3 is 9.80 Å². The summed E-state index contributed by atoms with van der Waals surface area (Å²) in [6, 6.07) is 76.8. The van der Waals surface area contributed by atoms with Crippen molar-refractivity contribution < 1.29 is 0 Å². The monoisotopic (exact) mass is 918 g/mol. The normalized spacial score (nSPS) is 18.0. The standard InChI is InChI=1S/C67H58N4/c1-63(2)65(5,6)70(50-19-11-9-12-20-50)61(68-63)45-31-27-43(28-32-45)47-35-38-52-49(41-47)37-40-56-55-39-36-48(42-59(55)67(60(52)56)57-25-17-15-23-53(57)54-24-16-18-26-58(54)67)44-29-33-46(34-30-44)62-69-64(3,4)66(7,8)71(62)51-21-13-10-14-22-51/h9-42H,1-8H3. The second-order valence-electron chi connectivity index (χ2n) is 22.1. The molecular weight excluding hydrogens is 861 g/mol. The number of hydrogen-bond donors (Lipinski definition) is 0. The average Bonchev–Trinajstić information content (AvgIpc) is 4.00. The largest absolute Gasteiger partial charge is 0.318 e. The molecule has 0 unspecified atom stereocenters. The Bertz CT molecular complexity index is 3640. The van der Waals surface area contributed by atoms with Crippen molar-refractivity contribution in [2.45, 2.75) is 83.0 Å². The van der Waals surface area contributed by atoms with Gasteiger partial charge in [0, 0.05) is 22.5 Å². The van der Waals surface area contributed by atoms with Crippen LogP contribution >= 0.6 is 0 Å². The van der Waals surface area contributed by atoms with E-state index in [1.165, 1.54) is 77.5 Å². The number of anilines is 2. The van der Waals surface area contributed by atoms with E-state index in [2.05, 4.69) is 271 Å². The number of para-hydroxylation sites is 2. The van der Waals surface area contributed by atoms with Gasteiger partial charge >= 0.3 is 0 Å². The number of nitrogens with zero attached hydrogens (tertiary/aromatic N) is 4. The molecule has 346 valence electrons. The first-order valence-electron chi connectivity index (χ1n) is 25.2. The van der Waals surface area contributed by atoms with Crippen LogP contribution in [0.3, 0.4) is 0 Å². The summed E-state index contributed by atoms with van der Waals surface area (Å²) in [5, 5.41) is 2.52. The van der Waals surface area contributed by atoms with Gasteiger partial charge in [-0.1, -0.05) is 170 Å². The maximum atomic E-state index is 5.39. The van der Waals surface area contributed by atoms with Crippen LogP contribution in [0.5, 0.6) is 0 Å². The van der Waals surface area contributed by atoms with Crippen molar-refractivity contribution in [1.82, 2.24) is 0 Å². The van der Waals surface area contributed by atoms with Crippen LogP contribution in [0.2, 0.25) is 0 Å². The zero-order valence-electron chi connectivity index (χ0n) is 41.9. The highest BCUT2D eigenvalue weighted by atomic mass is 15.3. The Hall–Kier alpha value is -7.82. The van der Waals surface area contributed by atoms with Crippen LogP contribution in [-0.2, 0) is 5.41 Å². The van der Waals surface area contributed by atoms with Crippen LogP contribution in [0.15, 0.2) is 216 Å². The molecule has 0 bridgehead atoms. The molecule has 0 amide bonds. The predicted octanol–water partition coefficient (Wildman–Crippen LogP) is 16.2. The highest BCUT2D eigenvalue weighted by molar-refractivity contribution is 6.14. The Morgan fingerprint density at radius 1 is 0.324 bits per heavy atom. The van der Waals surface area contributed by atoms with E-state index in [0.717, 1.165) is 34.2 Å². The van der Waals surface area contributed by atoms with E-state index in [0.29, 0.717) is 0 Å². The molecule has 2 aliphatic heterocycles. The van der Waals surface area contributed by atoms with Gasteiger partial charge in [-0.3, -0.25) is 9.98 Å². The molecule has 9 aromatic carbocycles. The zero-order chi connectivity index (χ0) is 48.7. The molecule has 0 atom stereocenters. The first-order valence-corrected chi connectivity index (χ1v) is 25.2. The lowest BCUT2D eigenvalue weighted by atomic mass is 9.69. The summed E-state index contributed by atoms with van der Waals surface area (Å²) in [4.78, 5) is 15.6. The molecule has 1 spiro atoms. The van der Waals surface area contributed by atoms with Crippen LogP contribution in [-0.4, -0.2) is 33.8 Å². The van der Waals surface area contributed by atoms with Crippen LogP contribution in [0.4, 0.5) is 11.4 Å². The number of benzene rings is 9. The van der Waals surface area contributed by atoms with Crippen molar-refractivity contribution in [2.24, 2.45) is 9.98 Å². The highest BCUT2D eigenvalue weighted by Gasteiger charge is 2.54. The smallest absolute Gasteiger partial charge is 0.136 e. The SMILES string of the molecule is CC1(C)N=C(c2ccc(-c3ccc4c(c3)C3(c5ccccc5-c5ccccc53)c3c-4ccc4cc(-c5ccc(C6=NC(C)(C)C(C)(C)N6c6ccccc6)cc5)ccc34)cc2)N(c2ccccc2)C1(C)C. The van der Waals surface area contributed by atoms with Crippen molar-refractivity contribution in [1.29, 1.82) is 0 Å². The maximum absolute atomic E-state index is 5.39. The summed E-state index contributed by atoms with van der Waals surface area (Å²) < 4.78 is 0. The lowest BCUT2D eigenvalue weighted by Gasteiger charge is -2.41. The summed E-state index contributed by atoms with van der Waals surface area (Å²) in [7, 11) is 0. The van der Waals surface area contributed by atoms with E-state index in [1.807, 2.05) is 0 Å². The highest BCUT2D eigenvalue weighted by Crippen LogP contribution is 2.64. The van der Waals surface area contributed by atoms with Crippen molar-refractivity contribution in [3.63, 3.8) is 0 Å². The molecule has 0 radical (unpaired) electrons. The molecule has 2 heterocycles. The van der Waals surface area contributed by atoms with E-state index in [4.69, 9.17) is 9.98 Å². The van der Waals surface area contributed by atoms with Gasteiger partial charge in [-0.2, -0.15) is 0 Å². The van der Waals surface area contributed by atoms with Gasteiger partial charge in [0.1, 0.15) is 11.7 Å². The Balaban J connectivity index is 0.911. The summed E-state index contributed by atoms with van der Waals surface area (Å²) >= 11 is 0. The van der Waals surface area contributed by atoms with E-state index < -0.39 is 5.41 Å². The van der Waals surface area contributed by atoms with Crippen LogP contribution in [0.25, 0.3) is 55.3 Å². The fourth-order valence-electron chi connectivity index (χ4n) is 12.4. The topological polar surface area (TPSA) is 31.2 Å². The third-order valence-electron chi connectivity index (χ3n) is 17.3. The van der Waals surface area contributed by atoms with Gasteiger partial charge in [0.15, 0.2) is 0 Å². The molecule has 4 aliphatic rings. The molecular formula is C67H58N4. The molecule has 71 heavy (non-hydrogen) atoms. The number of amidine groups is 2. The molecule has 13 rings (SSSR count). The Morgan fingerprint density at radius 2 is 0.718 bits per heavy atom. The summed E-state index contributed by atoms with van der Waals surface area (Å²) in [5.41, 5.74) is 18.4. The Morgan fingerprint density at radius 3 is 1.23 bits per heavy atom. The average molecular weight is 919 g/mol. The maximum Gasteiger partial charge on any atom is 0.136 e. The van der Waals surface area contributed by atoms with Gasteiger partial charge in [0.2, 0.25) is 0 Å². The van der Waals surface area contributed by atoms with Crippen LogP contribution < -0.4 is 9.80 Å². The fraction of sp³-hybridized carbons (Fsp3) is 0.194. The molecule has 4 heteroatoms. The number of hydrogen-bond acceptors (Lipinski definition) is 4. The quantitative estimate of drug-likeness (QED) is 0.166. The Kier molecular flexibility index (Phi) is 9.19. The fourth-order valence-corrected chi connectivity index (χ4v) is 12.4. The van der Waals surface area contributed by atoms with Gasteiger partial charge in [0.25, 0.3) is 0 Å². The van der Waals surface area contributed by atoms with Crippen LogP contribution in [0, 0.1) is 0 Å². The van der Waals surface area contributed by atoms with E-state index in [9.17, 15) is 0 Å². The van der Waals surface area contributed by atoms with Crippen molar-refractivity contribution in [3.8, 4) is 44.5 Å². The molecule has 0 aromatic heterocycles. The predicted molar refractivity (Wildman–Crippen MR) is 298 cm³/mol. The minimum atomic E-state index is -0.503. The number of rotatable bonds is 6. The molecule has 0 N–H and O–H groups in total. The summed E-state index contributed by atoms with van der Waals surface area (Å²) in [6.45, 7) is 18.2. The molecule has 2 aliphatic carbocycles. The molecule has 0 saturated carbocycles. The van der Waals surface area contributed by atoms with E-state index >= 15 is 0 Å². The third-order valence-corrected chi connectivity index (χ3v) is 17.3.